The maximum Gasteiger partial charge on any atom is 0.0718 e. The molecule has 1 fully saturated rings. The Balaban J connectivity index is 1.21. The second kappa shape index (κ2) is 18.5. The lowest BCUT2D eigenvalue weighted by Gasteiger charge is -2.25. The third-order valence-electron chi connectivity index (χ3n) is 5.46. The first kappa shape index (κ1) is 26.2. The van der Waals surface area contributed by atoms with Gasteiger partial charge >= 0.3 is 0 Å². The van der Waals surface area contributed by atoms with Crippen LogP contribution in [0.4, 0.5) is 0 Å². The first-order valence-electron chi connectivity index (χ1n) is 11.8. The summed E-state index contributed by atoms with van der Waals surface area (Å²) in [4.78, 5) is 0. The molecule has 1 aliphatic carbocycles. The van der Waals surface area contributed by atoms with Crippen molar-refractivity contribution in [2.45, 2.75) is 39.2 Å². The SMILES string of the molecule is C[C@H]1CC[C@H](COCCOCCOCCOCCOCCOCc2ccccc2)CC1. The second-order valence-corrected chi connectivity index (χ2v) is 8.19. The van der Waals surface area contributed by atoms with E-state index in [0.29, 0.717) is 72.7 Å². The molecule has 6 heteroatoms. The molecular weight excluding hydrogens is 396 g/mol. The first-order valence-corrected chi connectivity index (χ1v) is 11.8. The van der Waals surface area contributed by atoms with Crippen LogP contribution in [0.5, 0.6) is 0 Å². The Kier molecular flexibility index (Phi) is 15.7. The van der Waals surface area contributed by atoms with Gasteiger partial charge in [-0.2, -0.15) is 0 Å². The highest BCUT2D eigenvalue weighted by Gasteiger charge is 2.17. The van der Waals surface area contributed by atoms with E-state index in [1.165, 1.54) is 31.2 Å². The molecule has 2 rings (SSSR count). The predicted octanol–water partition coefficient (Wildman–Crippen LogP) is 4.11. The topological polar surface area (TPSA) is 55.4 Å². The van der Waals surface area contributed by atoms with Crippen LogP contribution < -0.4 is 0 Å². The molecule has 0 aliphatic heterocycles. The van der Waals surface area contributed by atoms with Crippen molar-refractivity contribution >= 4 is 0 Å². The van der Waals surface area contributed by atoms with Gasteiger partial charge in [0.1, 0.15) is 0 Å². The summed E-state index contributed by atoms with van der Waals surface area (Å²) in [6.07, 6.45) is 5.33. The van der Waals surface area contributed by atoms with Crippen LogP contribution in [-0.4, -0.2) is 72.7 Å². The van der Waals surface area contributed by atoms with E-state index in [2.05, 4.69) is 19.1 Å². The van der Waals surface area contributed by atoms with Crippen molar-refractivity contribution in [1.29, 1.82) is 0 Å². The monoisotopic (exact) mass is 438 g/mol. The quantitative estimate of drug-likeness (QED) is 0.303. The van der Waals surface area contributed by atoms with E-state index < -0.39 is 0 Å². The molecule has 6 nitrogen and oxygen atoms in total. The third kappa shape index (κ3) is 14.6. The number of rotatable bonds is 19. The summed E-state index contributed by atoms with van der Waals surface area (Å²) < 4.78 is 33.3. The minimum atomic E-state index is 0.565. The van der Waals surface area contributed by atoms with Crippen LogP contribution in [0.25, 0.3) is 0 Å². The Hall–Kier alpha value is -1.02. The fourth-order valence-electron chi connectivity index (χ4n) is 3.51. The van der Waals surface area contributed by atoms with Gasteiger partial charge < -0.3 is 28.4 Å². The fraction of sp³-hybridized carbons (Fsp3) is 0.760. The van der Waals surface area contributed by atoms with E-state index in [4.69, 9.17) is 28.4 Å². The molecule has 0 unspecified atom stereocenters. The Bertz CT molecular complexity index is 504. The van der Waals surface area contributed by atoms with Crippen LogP contribution in [-0.2, 0) is 35.0 Å². The molecule has 1 aromatic rings. The molecule has 0 saturated heterocycles. The smallest absolute Gasteiger partial charge is 0.0718 e. The van der Waals surface area contributed by atoms with Gasteiger partial charge in [-0.05, 0) is 30.2 Å². The van der Waals surface area contributed by atoms with E-state index in [9.17, 15) is 0 Å². The average Bonchev–Trinajstić information content (AvgIpc) is 2.80. The lowest BCUT2D eigenvalue weighted by atomic mass is 9.83. The summed E-state index contributed by atoms with van der Waals surface area (Å²) in [5.74, 6) is 1.65. The van der Waals surface area contributed by atoms with Gasteiger partial charge in [-0.25, -0.2) is 0 Å². The van der Waals surface area contributed by atoms with Crippen LogP contribution in [0.15, 0.2) is 30.3 Å². The number of benzene rings is 1. The van der Waals surface area contributed by atoms with Crippen LogP contribution >= 0.6 is 0 Å². The molecule has 1 saturated carbocycles. The minimum Gasteiger partial charge on any atom is -0.379 e. The summed E-state index contributed by atoms with van der Waals surface area (Å²) in [6, 6.07) is 10.1. The zero-order valence-electron chi connectivity index (χ0n) is 19.3. The van der Waals surface area contributed by atoms with Crippen molar-refractivity contribution in [1.82, 2.24) is 0 Å². The minimum absolute atomic E-state index is 0.565. The Labute approximate surface area is 188 Å². The van der Waals surface area contributed by atoms with E-state index in [1.54, 1.807) is 0 Å². The number of hydrogen-bond acceptors (Lipinski definition) is 6. The molecule has 0 N–H and O–H groups in total. The average molecular weight is 439 g/mol. The molecule has 0 aromatic heterocycles. The molecule has 0 heterocycles. The number of hydrogen-bond donors (Lipinski definition) is 0. The second-order valence-electron chi connectivity index (χ2n) is 8.19. The highest BCUT2D eigenvalue weighted by molar-refractivity contribution is 5.13. The normalized spacial score (nSPS) is 19.0. The molecule has 0 atom stereocenters. The van der Waals surface area contributed by atoms with Crippen molar-refractivity contribution in [3.05, 3.63) is 35.9 Å². The van der Waals surface area contributed by atoms with Crippen molar-refractivity contribution in [3.63, 3.8) is 0 Å². The van der Waals surface area contributed by atoms with E-state index in [0.717, 1.165) is 18.4 Å². The van der Waals surface area contributed by atoms with Crippen molar-refractivity contribution < 1.29 is 28.4 Å². The molecule has 1 aromatic carbocycles. The molecule has 0 bridgehead atoms. The van der Waals surface area contributed by atoms with Gasteiger partial charge in [-0.1, -0.05) is 50.1 Å². The van der Waals surface area contributed by atoms with Crippen LogP contribution in [0.2, 0.25) is 0 Å². The largest absolute Gasteiger partial charge is 0.379 e. The maximum atomic E-state index is 5.74. The summed E-state index contributed by atoms with van der Waals surface area (Å²) in [7, 11) is 0. The van der Waals surface area contributed by atoms with E-state index >= 15 is 0 Å². The Morgan fingerprint density at radius 3 is 1.55 bits per heavy atom. The summed E-state index contributed by atoms with van der Waals surface area (Å²) in [5.41, 5.74) is 1.17. The lowest BCUT2D eigenvalue weighted by Crippen LogP contribution is -2.19. The van der Waals surface area contributed by atoms with Crippen LogP contribution in [0.1, 0.15) is 38.2 Å². The van der Waals surface area contributed by atoms with Gasteiger partial charge in [0.15, 0.2) is 0 Å². The predicted molar refractivity (Wildman–Crippen MR) is 121 cm³/mol. The zero-order chi connectivity index (χ0) is 21.8. The maximum absolute atomic E-state index is 5.74. The van der Waals surface area contributed by atoms with Gasteiger partial charge in [-0.15, -0.1) is 0 Å². The number of ether oxygens (including phenoxy) is 6. The van der Waals surface area contributed by atoms with Gasteiger partial charge in [0.25, 0.3) is 0 Å². The molecule has 0 radical (unpaired) electrons. The molecular formula is C25H42O6. The highest BCUT2D eigenvalue weighted by atomic mass is 16.6. The van der Waals surface area contributed by atoms with Crippen molar-refractivity contribution in [3.8, 4) is 0 Å². The molecule has 0 spiro atoms. The molecule has 178 valence electrons. The fourth-order valence-corrected chi connectivity index (χ4v) is 3.51. The summed E-state index contributed by atoms with van der Waals surface area (Å²) in [6.45, 7) is 9.76. The van der Waals surface area contributed by atoms with Gasteiger partial charge in [0.2, 0.25) is 0 Å². The highest BCUT2D eigenvalue weighted by Crippen LogP contribution is 2.28. The van der Waals surface area contributed by atoms with Crippen molar-refractivity contribution in [2.75, 3.05) is 72.7 Å². The lowest BCUT2D eigenvalue weighted by molar-refractivity contribution is -0.0201. The summed E-state index contributed by atoms with van der Waals surface area (Å²) in [5, 5.41) is 0. The van der Waals surface area contributed by atoms with E-state index in [1.807, 2.05) is 18.2 Å². The third-order valence-corrected chi connectivity index (χ3v) is 5.46. The van der Waals surface area contributed by atoms with Crippen molar-refractivity contribution in [2.24, 2.45) is 11.8 Å². The van der Waals surface area contributed by atoms with Crippen LogP contribution in [0, 0.1) is 11.8 Å². The Morgan fingerprint density at radius 2 is 1.03 bits per heavy atom. The Morgan fingerprint density at radius 1 is 0.581 bits per heavy atom. The van der Waals surface area contributed by atoms with Gasteiger partial charge in [-0.3, -0.25) is 0 Å². The molecule has 0 amide bonds. The molecule has 1 aliphatic rings. The first-order chi connectivity index (χ1) is 15.3. The zero-order valence-corrected chi connectivity index (χ0v) is 19.3. The molecule has 31 heavy (non-hydrogen) atoms. The van der Waals surface area contributed by atoms with Gasteiger partial charge in [0, 0.05) is 6.61 Å². The summed E-state index contributed by atoms with van der Waals surface area (Å²) >= 11 is 0. The standard InChI is InChI=1S/C25H42O6/c1-23-7-9-25(10-8-23)22-31-20-18-29-16-14-27-12-11-26-13-15-28-17-19-30-21-24-5-3-2-4-6-24/h2-6,23,25H,7-22H2,1H3/t23-,25-. The van der Waals surface area contributed by atoms with Gasteiger partial charge in [0.05, 0.1) is 72.7 Å². The van der Waals surface area contributed by atoms with E-state index in [-0.39, 0.29) is 0 Å². The van der Waals surface area contributed by atoms with Crippen LogP contribution in [0.3, 0.4) is 0 Å².